The van der Waals surface area contributed by atoms with Crippen LogP contribution in [0.4, 0.5) is 8.78 Å². The molecule has 2 aromatic carbocycles. The summed E-state index contributed by atoms with van der Waals surface area (Å²) < 4.78 is 39.3. The monoisotopic (exact) mass is 345 g/mol. The van der Waals surface area contributed by atoms with Gasteiger partial charge in [-0.15, -0.1) is 0 Å². The van der Waals surface area contributed by atoms with Gasteiger partial charge in [-0.25, -0.2) is 9.78 Å². The molecule has 128 valence electrons. The fourth-order valence-electron chi connectivity index (χ4n) is 2.12. The zero-order valence-corrected chi connectivity index (χ0v) is 12.9. The fraction of sp³-hybridized carbons (Fsp3) is 0.111. The highest BCUT2D eigenvalue weighted by Gasteiger charge is 2.13. The third-order valence-corrected chi connectivity index (χ3v) is 3.23. The van der Waals surface area contributed by atoms with Crippen LogP contribution in [0.15, 0.2) is 65.2 Å². The number of esters is 1. The summed E-state index contributed by atoms with van der Waals surface area (Å²) in [4.78, 5) is 16.0. The van der Waals surface area contributed by atoms with Gasteiger partial charge in [-0.3, -0.25) is 0 Å². The molecule has 0 aliphatic rings. The van der Waals surface area contributed by atoms with E-state index in [9.17, 15) is 13.6 Å². The van der Waals surface area contributed by atoms with Crippen molar-refractivity contribution in [3.63, 3.8) is 0 Å². The molecule has 3 aromatic rings. The maximum Gasteiger partial charge on any atom is 0.387 e. The lowest BCUT2D eigenvalue weighted by molar-refractivity contribution is -0.0499. The SMILES string of the molecule is O=C(OCc1ncc(-c2ccccc2)o1)c1cccc(OC(F)F)c1. The number of ether oxygens (including phenoxy) is 2. The van der Waals surface area contributed by atoms with Crippen molar-refractivity contribution in [3.8, 4) is 17.1 Å². The van der Waals surface area contributed by atoms with Gasteiger partial charge in [0.1, 0.15) is 5.75 Å². The number of halogens is 2. The fourth-order valence-corrected chi connectivity index (χ4v) is 2.12. The van der Waals surface area contributed by atoms with Crippen LogP contribution in [0.3, 0.4) is 0 Å². The summed E-state index contributed by atoms with van der Waals surface area (Å²) >= 11 is 0. The van der Waals surface area contributed by atoms with Gasteiger partial charge in [0, 0.05) is 5.56 Å². The van der Waals surface area contributed by atoms with Crippen molar-refractivity contribution in [2.45, 2.75) is 13.2 Å². The molecule has 1 aromatic heterocycles. The number of nitrogens with zero attached hydrogens (tertiary/aromatic N) is 1. The van der Waals surface area contributed by atoms with E-state index in [-0.39, 0.29) is 23.8 Å². The zero-order valence-electron chi connectivity index (χ0n) is 12.9. The number of carbonyl (C=O) groups excluding carboxylic acids is 1. The summed E-state index contributed by atoms with van der Waals surface area (Å²) in [6.07, 6.45) is 1.54. The highest BCUT2D eigenvalue weighted by molar-refractivity contribution is 5.89. The Kier molecular flexibility index (Phi) is 5.03. The lowest BCUT2D eigenvalue weighted by Crippen LogP contribution is -2.07. The molecule has 0 spiro atoms. The van der Waals surface area contributed by atoms with Crippen molar-refractivity contribution in [1.29, 1.82) is 0 Å². The van der Waals surface area contributed by atoms with E-state index in [4.69, 9.17) is 9.15 Å². The third-order valence-electron chi connectivity index (χ3n) is 3.23. The standard InChI is InChI=1S/C18H13F2NO4/c19-18(20)24-14-8-4-7-13(9-14)17(22)23-11-16-21-10-15(25-16)12-5-2-1-3-6-12/h1-10,18H,11H2. The second-order valence-corrected chi connectivity index (χ2v) is 4.97. The van der Waals surface area contributed by atoms with Crippen molar-refractivity contribution in [3.05, 3.63) is 72.2 Å². The molecule has 0 aliphatic carbocycles. The van der Waals surface area contributed by atoms with Gasteiger partial charge >= 0.3 is 12.6 Å². The third kappa shape index (κ3) is 4.41. The van der Waals surface area contributed by atoms with E-state index in [2.05, 4.69) is 9.72 Å². The number of hydrogen-bond donors (Lipinski definition) is 0. The number of oxazole rings is 1. The van der Waals surface area contributed by atoms with Crippen LogP contribution in [0.1, 0.15) is 16.2 Å². The number of aromatic nitrogens is 1. The minimum Gasteiger partial charge on any atom is -0.452 e. The van der Waals surface area contributed by atoms with Gasteiger partial charge in [0.05, 0.1) is 11.8 Å². The Morgan fingerprint density at radius 3 is 2.68 bits per heavy atom. The minimum absolute atomic E-state index is 0.0907. The van der Waals surface area contributed by atoms with Crippen LogP contribution >= 0.6 is 0 Å². The molecule has 25 heavy (non-hydrogen) atoms. The lowest BCUT2D eigenvalue weighted by Gasteiger charge is -2.06. The van der Waals surface area contributed by atoms with Gasteiger partial charge in [-0.2, -0.15) is 8.78 Å². The molecule has 0 amide bonds. The molecule has 0 N–H and O–H groups in total. The normalized spacial score (nSPS) is 10.7. The molecular weight excluding hydrogens is 332 g/mol. The Morgan fingerprint density at radius 1 is 1.12 bits per heavy atom. The summed E-state index contributed by atoms with van der Waals surface area (Å²) in [5.74, 6) is -0.0303. The molecule has 0 radical (unpaired) electrons. The summed E-state index contributed by atoms with van der Waals surface area (Å²) in [7, 11) is 0. The molecule has 0 aliphatic heterocycles. The van der Waals surface area contributed by atoms with Gasteiger partial charge in [0.2, 0.25) is 5.89 Å². The summed E-state index contributed by atoms with van der Waals surface area (Å²) in [6.45, 7) is -3.14. The van der Waals surface area contributed by atoms with Crippen LogP contribution in [0.5, 0.6) is 5.75 Å². The van der Waals surface area contributed by atoms with Gasteiger partial charge in [0.15, 0.2) is 12.4 Å². The molecule has 0 bridgehead atoms. The summed E-state index contributed by atoms with van der Waals surface area (Å²) in [5.41, 5.74) is 0.942. The Bertz CT molecular complexity index is 849. The van der Waals surface area contributed by atoms with Crippen LogP contribution in [0.2, 0.25) is 0 Å². The molecule has 0 atom stereocenters. The van der Waals surface area contributed by atoms with Crippen LogP contribution in [-0.4, -0.2) is 17.6 Å². The molecular formula is C18H13F2NO4. The molecule has 5 nitrogen and oxygen atoms in total. The van der Waals surface area contributed by atoms with E-state index in [0.717, 1.165) is 5.56 Å². The number of hydrogen-bond acceptors (Lipinski definition) is 5. The van der Waals surface area contributed by atoms with Gasteiger partial charge in [-0.05, 0) is 18.2 Å². The molecule has 3 rings (SSSR count). The number of benzene rings is 2. The Morgan fingerprint density at radius 2 is 1.92 bits per heavy atom. The van der Waals surface area contributed by atoms with Crippen molar-refractivity contribution in [2.75, 3.05) is 0 Å². The molecule has 0 saturated heterocycles. The first-order valence-electron chi connectivity index (χ1n) is 7.34. The Balaban J connectivity index is 1.62. The highest BCUT2D eigenvalue weighted by atomic mass is 19.3. The molecule has 0 fully saturated rings. The number of carbonyl (C=O) groups is 1. The first-order valence-corrected chi connectivity index (χ1v) is 7.34. The van der Waals surface area contributed by atoms with Crippen LogP contribution < -0.4 is 4.74 Å². The van der Waals surface area contributed by atoms with E-state index in [1.54, 1.807) is 0 Å². The second-order valence-electron chi connectivity index (χ2n) is 4.97. The van der Waals surface area contributed by atoms with Crippen LogP contribution in [0.25, 0.3) is 11.3 Å². The van der Waals surface area contributed by atoms with Crippen molar-refractivity contribution in [1.82, 2.24) is 4.98 Å². The number of alkyl halides is 2. The lowest BCUT2D eigenvalue weighted by atomic mass is 10.2. The van der Waals surface area contributed by atoms with E-state index in [1.165, 1.54) is 30.5 Å². The minimum atomic E-state index is -2.96. The quantitative estimate of drug-likeness (QED) is 0.623. The predicted molar refractivity (Wildman–Crippen MR) is 84.1 cm³/mol. The van der Waals surface area contributed by atoms with Gasteiger partial charge in [-0.1, -0.05) is 36.4 Å². The van der Waals surface area contributed by atoms with Crippen LogP contribution in [-0.2, 0) is 11.3 Å². The summed E-state index contributed by atoms with van der Waals surface area (Å²) in [6, 6.07) is 14.7. The Labute approximate surface area is 141 Å². The second kappa shape index (κ2) is 7.57. The first kappa shape index (κ1) is 16.6. The largest absolute Gasteiger partial charge is 0.452 e. The van der Waals surface area contributed by atoms with Crippen molar-refractivity contribution in [2.24, 2.45) is 0 Å². The van der Waals surface area contributed by atoms with E-state index in [1.807, 2.05) is 30.3 Å². The highest BCUT2D eigenvalue weighted by Crippen LogP contribution is 2.21. The first-order chi connectivity index (χ1) is 12.1. The van der Waals surface area contributed by atoms with E-state index >= 15 is 0 Å². The maximum absolute atomic E-state index is 12.2. The van der Waals surface area contributed by atoms with Crippen molar-refractivity contribution < 1.29 is 27.5 Å². The average Bonchev–Trinajstić information content (AvgIpc) is 3.09. The predicted octanol–water partition coefficient (Wildman–Crippen LogP) is 4.30. The topological polar surface area (TPSA) is 61.6 Å². The smallest absolute Gasteiger partial charge is 0.387 e. The molecule has 0 saturated carbocycles. The van der Waals surface area contributed by atoms with E-state index < -0.39 is 12.6 Å². The van der Waals surface area contributed by atoms with E-state index in [0.29, 0.717) is 5.76 Å². The van der Waals surface area contributed by atoms with Crippen molar-refractivity contribution >= 4 is 5.97 Å². The van der Waals surface area contributed by atoms with Gasteiger partial charge < -0.3 is 13.9 Å². The molecule has 1 heterocycles. The maximum atomic E-state index is 12.2. The molecule has 0 unspecified atom stereocenters. The zero-order chi connectivity index (χ0) is 17.6. The van der Waals surface area contributed by atoms with Gasteiger partial charge in [0.25, 0.3) is 0 Å². The molecule has 7 heteroatoms. The summed E-state index contributed by atoms with van der Waals surface area (Å²) in [5, 5.41) is 0. The average molecular weight is 345 g/mol. The number of rotatable bonds is 6. The Hall–Kier alpha value is -3.22. The van der Waals surface area contributed by atoms with Crippen LogP contribution in [0, 0.1) is 0 Å².